The molecule has 104 valence electrons. The van der Waals surface area contributed by atoms with Crippen LogP contribution in [0.2, 0.25) is 0 Å². The molecule has 1 aromatic carbocycles. The minimum absolute atomic E-state index is 0.00859. The second-order valence-corrected chi connectivity index (χ2v) is 6.94. The summed E-state index contributed by atoms with van der Waals surface area (Å²) >= 11 is 0. The first-order chi connectivity index (χ1) is 9.05. The molecule has 0 aromatic heterocycles. The van der Waals surface area contributed by atoms with Gasteiger partial charge < -0.3 is 10.1 Å². The molecule has 0 aliphatic carbocycles. The van der Waals surface area contributed by atoms with E-state index in [-0.39, 0.29) is 24.0 Å². The molecule has 0 bridgehead atoms. The molecular weight excluding hydrogens is 266 g/mol. The summed E-state index contributed by atoms with van der Waals surface area (Å²) in [6.07, 6.45) is 0.106. The highest BCUT2D eigenvalue weighted by Crippen LogP contribution is 2.17. The predicted octanol–water partition coefficient (Wildman–Crippen LogP) is 1.35. The molecule has 1 atom stereocenters. The van der Waals surface area contributed by atoms with Gasteiger partial charge in [0.05, 0.1) is 11.5 Å². The molecule has 0 saturated carbocycles. The van der Waals surface area contributed by atoms with Crippen molar-refractivity contribution in [1.82, 2.24) is 5.32 Å². The van der Waals surface area contributed by atoms with Crippen LogP contribution in [0.5, 0.6) is 0 Å². The lowest BCUT2D eigenvalue weighted by molar-refractivity contribution is 0.138. The first kappa shape index (κ1) is 13.9. The molecule has 19 heavy (non-hydrogen) atoms. The average Bonchev–Trinajstić information content (AvgIpc) is 2.75. The number of rotatable bonds is 4. The fraction of sp³-hybridized carbons (Fsp3) is 0.462. The van der Waals surface area contributed by atoms with E-state index in [2.05, 4.69) is 5.32 Å². The first-order valence-electron chi connectivity index (χ1n) is 6.20. The van der Waals surface area contributed by atoms with Gasteiger partial charge in [0.2, 0.25) is 0 Å². The fourth-order valence-corrected chi connectivity index (χ4v) is 3.90. The van der Waals surface area contributed by atoms with Crippen molar-refractivity contribution in [3.63, 3.8) is 0 Å². The third-order valence-electron chi connectivity index (χ3n) is 3.07. The van der Waals surface area contributed by atoms with E-state index in [1.807, 2.05) is 30.3 Å². The van der Waals surface area contributed by atoms with Crippen molar-refractivity contribution in [2.75, 3.05) is 18.1 Å². The van der Waals surface area contributed by atoms with Crippen molar-refractivity contribution in [3.05, 3.63) is 35.9 Å². The number of ether oxygens (including phenoxy) is 1. The molecule has 1 aromatic rings. The van der Waals surface area contributed by atoms with Gasteiger partial charge in [-0.1, -0.05) is 30.3 Å². The Morgan fingerprint density at radius 2 is 2.05 bits per heavy atom. The molecule has 1 unspecified atom stereocenters. The quantitative estimate of drug-likeness (QED) is 0.905. The van der Waals surface area contributed by atoms with Crippen LogP contribution >= 0.6 is 0 Å². The van der Waals surface area contributed by atoms with Crippen LogP contribution in [0.15, 0.2) is 30.3 Å². The highest BCUT2D eigenvalue weighted by atomic mass is 32.2. The lowest BCUT2D eigenvalue weighted by atomic mass is 10.1. The third-order valence-corrected chi connectivity index (χ3v) is 4.91. The number of nitrogens with one attached hydrogen (secondary N) is 1. The van der Waals surface area contributed by atoms with Crippen molar-refractivity contribution in [2.45, 2.75) is 13.0 Å². The Bertz CT molecular complexity index is 527. The van der Waals surface area contributed by atoms with Crippen LogP contribution in [-0.2, 0) is 21.2 Å². The first-order valence-corrected chi connectivity index (χ1v) is 8.02. The Labute approximate surface area is 112 Å². The minimum Gasteiger partial charge on any atom is -0.445 e. The summed E-state index contributed by atoms with van der Waals surface area (Å²) in [6.45, 7) is 0.572. The summed E-state index contributed by atoms with van der Waals surface area (Å²) in [5.74, 6) is 0.388. The molecule has 1 heterocycles. The van der Waals surface area contributed by atoms with Crippen LogP contribution in [0.1, 0.15) is 12.0 Å². The minimum atomic E-state index is -2.89. The van der Waals surface area contributed by atoms with Gasteiger partial charge in [0.25, 0.3) is 0 Å². The van der Waals surface area contributed by atoms with Crippen molar-refractivity contribution < 1.29 is 17.9 Å². The number of benzene rings is 1. The SMILES string of the molecule is O=C(NCC1CCS(=O)(=O)C1)OCc1ccccc1. The van der Waals surface area contributed by atoms with E-state index in [1.54, 1.807) is 0 Å². The van der Waals surface area contributed by atoms with Crippen LogP contribution < -0.4 is 5.32 Å². The number of carbonyl (C=O) groups excluding carboxylic acids is 1. The van der Waals surface area contributed by atoms with Crippen LogP contribution in [0.3, 0.4) is 0 Å². The van der Waals surface area contributed by atoms with E-state index < -0.39 is 15.9 Å². The normalized spacial score (nSPS) is 20.9. The van der Waals surface area contributed by atoms with Crippen LogP contribution in [0.25, 0.3) is 0 Å². The third kappa shape index (κ3) is 4.55. The number of hydrogen-bond donors (Lipinski definition) is 1. The smallest absolute Gasteiger partial charge is 0.407 e. The molecule has 0 spiro atoms. The summed E-state index contributed by atoms with van der Waals surface area (Å²) in [4.78, 5) is 11.5. The Morgan fingerprint density at radius 1 is 1.32 bits per heavy atom. The molecule has 5 nitrogen and oxygen atoms in total. The zero-order valence-electron chi connectivity index (χ0n) is 10.5. The van der Waals surface area contributed by atoms with Gasteiger partial charge in [0, 0.05) is 6.54 Å². The highest BCUT2D eigenvalue weighted by molar-refractivity contribution is 7.91. The van der Waals surface area contributed by atoms with Gasteiger partial charge in [-0.25, -0.2) is 13.2 Å². The Morgan fingerprint density at radius 3 is 2.68 bits per heavy atom. The molecule has 2 rings (SSSR count). The Balaban J connectivity index is 1.68. The van der Waals surface area contributed by atoms with E-state index in [1.165, 1.54) is 0 Å². The monoisotopic (exact) mass is 283 g/mol. The molecule has 1 aliphatic rings. The van der Waals surface area contributed by atoms with Crippen molar-refractivity contribution in [3.8, 4) is 0 Å². The summed E-state index contributed by atoms with van der Waals surface area (Å²) in [5, 5.41) is 2.61. The van der Waals surface area contributed by atoms with E-state index in [4.69, 9.17) is 4.74 Å². The second-order valence-electron chi connectivity index (χ2n) is 4.71. The Hall–Kier alpha value is -1.56. The zero-order valence-corrected chi connectivity index (χ0v) is 11.4. The van der Waals surface area contributed by atoms with Crippen LogP contribution in [-0.4, -0.2) is 32.6 Å². The van der Waals surface area contributed by atoms with Crippen molar-refractivity contribution >= 4 is 15.9 Å². The summed E-state index contributed by atoms with van der Waals surface area (Å²) < 4.78 is 27.5. The van der Waals surface area contributed by atoms with Gasteiger partial charge in [0.1, 0.15) is 6.61 Å². The van der Waals surface area contributed by atoms with Gasteiger partial charge in [-0.3, -0.25) is 0 Å². The van der Waals surface area contributed by atoms with Gasteiger partial charge in [0.15, 0.2) is 9.84 Å². The van der Waals surface area contributed by atoms with E-state index in [0.29, 0.717) is 13.0 Å². The van der Waals surface area contributed by atoms with Gasteiger partial charge >= 0.3 is 6.09 Å². The lowest BCUT2D eigenvalue weighted by Gasteiger charge is -2.10. The molecule has 1 amide bonds. The largest absolute Gasteiger partial charge is 0.445 e. The maximum absolute atomic E-state index is 11.5. The molecule has 6 heteroatoms. The topological polar surface area (TPSA) is 72.5 Å². The summed E-state index contributed by atoms with van der Waals surface area (Å²) in [6, 6.07) is 9.39. The molecule has 1 fully saturated rings. The average molecular weight is 283 g/mol. The summed E-state index contributed by atoms with van der Waals surface area (Å²) in [5.41, 5.74) is 0.918. The van der Waals surface area contributed by atoms with E-state index >= 15 is 0 Å². The fourth-order valence-electron chi connectivity index (χ4n) is 2.03. The summed E-state index contributed by atoms with van der Waals surface area (Å²) in [7, 11) is -2.89. The van der Waals surface area contributed by atoms with Crippen molar-refractivity contribution in [1.29, 1.82) is 0 Å². The molecular formula is C13H17NO4S. The van der Waals surface area contributed by atoms with Gasteiger partial charge in [-0.2, -0.15) is 0 Å². The maximum atomic E-state index is 11.5. The molecule has 1 saturated heterocycles. The van der Waals surface area contributed by atoms with E-state index in [0.717, 1.165) is 5.56 Å². The number of hydrogen-bond acceptors (Lipinski definition) is 4. The predicted molar refractivity (Wildman–Crippen MR) is 71.4 cm³/mol. The number of amides is 1. The standard InChI is InChI=1S/C13H17NO4S/c15-13(18-9-11-4-2-1-3-5-11)14-8-12-6-7-19(16,17)10-12/h1-5,12H,6-10H2,(H,14,15). The Kier molecular flexibility index (Phi) is 4.42. The number of sulfone groups is 1. The molecule has 1 N–H and O–H groups in total. The van der Waals surface area contributed by atoms with Crippen LogP contribution in [0, 0.1) is 5.92 Å². The molecule has 1 aliphatic heterocycles. The van der Waals surface area contributed by atoms with Gasteiger partial charge in [-0.15, -0.1) is 0 Å². The maximum Gasteiger partial charge on any atom is 0.407 e. The van der Waals surface area contributed by atoms with Gasteiger partial charge in [-0.05, 0) is 17.9 Å². The van der Waals surface area contributed by atoms with Crippen molar-refractivity contribution in [2.24, 2.45) is 5.92 Å². The number of alkyl carbamates (subject to hydrolysis) is 1. The lowest BCUT2D eigenvalue weighted by Crippen LogP contribution is -2.30. The molecule has 0 radical (unpaired) electrons. The second kappa shape index (κ2) is 6.06. The van der Waals surface area contributed by atoms with Crippen LogP contribution in [0.4, 0.5) is 4.79 Å². The zero-order chi connectivity index (χ0) is 13.7. The van der Waals surface area contributed by atoms with E-state index in [9.17, 15) is 13.2 Å². The highest BCUT2D eigenvalue weighted by Gasteiger charge is 2.27. The number of carbonyl (C=O) groups is 1.